The summed E-state index contributed by atoms with van der Waals surface area (Å²) in [4.78, 5) is 6.48. The van der Waals surface area contributed by atoms with Gasteiger partial charge in [0.2, 0.25) is 0 Å². The van der Waals surface area contributed by atoms with Crippen LogP contribution in [0.2, 0.25) is 0 Å². The minimum absolute atomic E-state index is 0.977. The van der Waals surface area contributed by atoms with Crippen LogP contribution in [0.1, 0.15) is 0 Å². The normalized spacial score (nSPS) is 11.9. The lowest BCUT2D eigenvalue weighted by molar-refractivity contribution is 1.18. The minimum Gasteiger partial charge on any atom is -0.309 e. The molecule has 0 N–H and O–H groups in total. The van der Waals surface area contributed by atoms with Crippen LogP contribution in [0.3, 0.4) is 0 Å². The monoisotopic (exact) mass is 808 g/mol. The third-order valence-corrected chi connectivity index (χ3v) is 13.5. The number of rotatable bonds is 6. The molecule has 0 saturated carbocycles. The first-order valence-electron chi connectivity index (χ1n) is 21.0. The Labute approximate surface area is 361 Å². The number of imidazole rings is 1. The Kier molecular flexibility index (Phi) is 7.74. The molecule has 0 aliphatic carbocycles. The summed E-state index contributed by atoms with van der Waals surface area (Å²) >= 11 is 1.74. The summed E-state index contributed by atoms with van der Waals surface area (Å²) in [6.45, 7) is 0. The van der Waals surface area contributed by atoms with E-state index in [0.717, 1.165) is 44.4 Å². The Balaban J connectivity index is 1.02. The van der Waals surface area contributed by atoms with Crippen molar-refractivity contribution in [3.05, 3.63) is 218 Å². The van der Waals surface area contributed by atoms with Crippen molar-refractivity contribution in [1.29, 1.82) is 0 Å². The predicted octanol–water partition coefficient (Wildman–Crippen LogP) is 15.4. The molecular weight excluding hydrogens is 773 g/mol. The van der Waals surface area contributed by atoms with Gasteiger partial charge in [-0.1, -0.05) is 157 Å². The highest BCUT2D eigenvalue weighted by Gasteiger charge is 2.23. The van der Waals surface area contributed by atoms with E-state index in [1.54, 1.807) is 11.3 Å². The molecule has 5 heteroatoms. The molecule has 0 radical (unpaired) electrons. The zero-order valence-electron chi connectivity index (χ0n) is 33.5. The molecule has 13 aromatic rings. The zero-order chi connectivity index (χ0) is 40.7. The van der Waals surface area contributed by atoms with Crippen LogP contribution in [0.4, 0.5) is 0 Å². The standard InChI is InChI=1S/C57H36N4S/c1-3-15-37(16-4-1)39-19-13-21-43(33-39)59-49-25-9-7-23-45(49)47-35-41(29-31-51(47)59)55-56(61-53-27-11-12-28-54(53)62-57(61)58-55)42-30-32-52-48(36-42)46-24-8-10-26-50(46)60(52)44-22-14-20-40(34-44)38-17-5-2-6-18-38/h1-36H. The molecular formula is C57H36N4S. The summed E-state index contributed by atoms with van der Waals surface area (Å²) in [5.41, 5.74) is 17.2. The highest BCUT2D eigenvalue weighted by atomic mass is 32.1. The molecule has 9 aromatic carbocycles. The summed E-state index contributed by atoms with van der Waals surface area (Å²) in [6, 6.07) is 79.1. The molecule has 4 nitrogen and oxygen atoms in total. The van der Waals surface area contributed by atoms with Crippen molar-refractivity contribution >= 4 is 70.1 Å². The average molecular weight is 809 g/mol. The van der Waals surface area contributed by atoms with Gasteiger partial charge in [0.05, 0.1) is 43.7 Å². The Morgan fingerprint density at radius 3 is 1.39 bits per heavy atom. The highest BCUT2D eigenvalue weighted by molar-refractivity contribution is 7.23. The number of para-hydroxylation sites is 3. The van der Waals surface area contributed by atoms with Crippen molar-refractivity contribution in [3.63, 3.8) is 0 Å². The van der Waals surface area contributed by atoms with Gasteiger partial charge in [0.1, 0.15) is 0 Å². The van der Waals surface area contributed by atoms with E-state index in [1.165, 1.54) is 70.6 Å². The summed E-state index contributed by atoms with van der Waals surface area (Å²) < 4.78 is 8.41. The van der Waals surface area contributed by atoms with Crippen LogP contribution in [0.5, 0.6) is 0 Å². The van der Waals surface area contributed by atoms with Crippen LogP contribution in [0.25, 0.3) is 115 Å². The van der Waals surface area contributed by atoms with Crippen LogP contribution in [0.15, 0.2) is 218 Å². The fourth-order valence-electron chi connectivity index (χ4n) is 9.69. The Hall–Kier alpha value is -7.99. The lowest BCUT2D eigenvalue weighted by Gasteiger charge is -2.11. The number of fused-ring (bicyclic) bond motifs is 9. The molecule has 62 heavy (non-hydrogen) atoms. The van der Waals surface area contributed by atoms with Crippen LogP contribution in [-0.2, 0) is 0 Å². The second kappa shape index (κ2) is 13.8. The van der Waals surface area contributed by atoms with Crippen molar-refractivity contribution in [1.82, 2.24) is 18.5 Å². The van der Waals surface area contributed by atoms with E-state index < -0.39 is 0 Å². The van der Waals surface area contributed by atoms with Crippen LogP contribution in [0, 0.1) is 0 Å². The van der Waals surface area contributed by atoms with Crippen molar-refractivity contribution in [2.45, 2.75) is 0 Å². The smallest absolute Gasteiger partial charge is 0.195 e. The highest BCUT2D eigenvalue weighted by Crippen LogP contribution is 2.43. The van der Waals surface area contributed by atoms with Crippen molar-refractivity contribution < 1.29 is 0 Å². The van der Waals surface area contributed by atoms with Gasteiger partial charge in [-0.05, 0) is 95.1 Å². The molecule has 0 bridgehead atoms. The van der Waals surface area contributed by atoms with Gasteiger partial charge in [0.25, 0.3) is 0 Å². The first-order valence-corrected chi connectivity index (χ1v) is 21.9. The third-order valence-electron chi connectivity index (χ3n) is 12.5. The van der Waals surface area contributed by atoms with E-state index in [9.17, 15) is 0 Å². The van der Waals surface area contributed by atoms with Gasteiger partial charge in [-0.3, -0.25) is 4.40 Å². The van der Waals surface area contributed by atoms with Crippen molar-refractivity contribution in [2.75, 3.05) is 0 Å². The lowest BCUT2D eigenvalue weighted by Crippen LogP contribution is -1.95. The maximum Gasteiger partial charge on any atom is 0.195 e. The molecule has 13 rings (SSSR count). The largest absolute Gasteiger partial charge is 0.309 e. The first-order chi connectivity index (χ1) is 30.7. The number of aromatic nitrogens is 4. The molecule has 0 unspecified atom stereocenters. The molecule has 4 aromatic heterocycles. The Morgan fingerprint density at radius 1 is 0.323 bits per heavy atom. The average Bonchev–Trinajstić information content (AvgIpc) is 4.08. The molecule has 4 heterocycles. The van der Waals surface area contributed by atoms with Gasteiger partial charge in [0, 0.05) is 44.0 Å². The predicted molar refractivity (Wildman–Crippen MR) is 261 cm³/mol. The zero-order valence-corrected chi connectivity index (χ0v) is 34.3. The number of hydrogen-bond acceptors (Lipinski definition) is 2. The van der Waals surface area contributed by atoms with Crippen LogP contribution >= 0.6 is 11.3 Å². The maximum absolute atomic E-state index is 5.50. The minimum atomic E-state index is 0.977. The van der Waals surface area contributed by atoms with Gasteiger partial charge < -0.3 is 9.13 Å². The molecule has 0 fully saturated rings. The van der Waals surface area contributed by atoms with E-state index in [-0.39, 0.29) is 0 Å². The fourth-order valence-corrected chi connectivity index (χ4v) is 10.7. The molecule has 290 valence electrons. The lowest BCUT2D eigenvalue weighted by atomic mass is 10.0. The molecule has 0 saturated heterocycles. The van der Waals surface area contributed by atoms with Crippen molar-refractivity contribution in [3.8, 4) is 56.1 Å². The number of thiazole rings is 1. The number of benzene rings is 9. The summed E-state index contributed by atoms with van der Waals surface area (Å²) in [5.74, 6) is 0. The fraction of sp³-hybridized carbons (Fsp3) is 0. The van der Waals surface area contributed by atoms with Crippen molar-refractivity contribution in [2.24, 2.45) is 0 Å². The maximum atomic E-state index is 5.50. The number of hydrogen-bond donors (Lipinski definition) is 0. The molecule has 0 amide bonds. The van der Waals surface area contributed by atoms with Gasteiger partial charge in [0.15, 0.2) is 4.96 Å². The van der Waals surface area contributed by atoms with Gasteiger partial charge >= 0.3 is 0 Å². The van der Waals surface area contributed by atoms with Crippen LogP contribution < -0.4 is 0 Å². The quantitative estimate of drug-likeness (QED) is 0.164. The summed E-state index contributed by atoms with van der Waals surface area (Å²) in [7, 11) is 0. The Bertz CT molecular complexity index is 3870. The van der Waals surface area contributed by atoms with E-state index in [1.807, 2.05) is 0 Å². The van der Waals surface area contributed by atoms with Gasteiger partial charge in [-0.25, -0.2) is 4.98 Å². The van der Waals surface area contributed by atoms with Crippen LogP contribution in [-0.4, -0.2) is 18.5 Å². The molecule has 0 aliphatic rings. The van der Waals surface area contributed by atoms with E-state index >= 15 is 0 Å². The summed E-state index contributed by atoms with van der Waals surface area (Å²) in [5, 5.41) is 4.84. The number of nitrogens with zero attached hydrogens (tertiary/aromatic N) is 4. The Morgan fingerprint density at radius 2 is 0.790 bits per heavy atom. The van der Waals surface area contributed by atoms with E-state index in [2.05, 4.69) is 232 Å². The molecule has 0 spiro atoms. The van der Waals surface area contributed by atoms with E-state index in [4.69, 9.17) is 4.98 Å². The van der Waals surface area contributed by atoms with Gasteiger partial charge in [-0.15, -0.1) is 0 Å². The SMILES string of the molecule is c1ccc(-c2cccc(-n3c4ccccc4c4cc(-c5nc6sc7ccccc7n6c5-c5ccc6c(c5)c5ccccc5n6-c5cccc(-c6ccccc6)c5)ccc43)c2)cc1. The summed E-state index contributed by atoms with van der Waals surface area (Å²) in [6.07, 6.45) is 0. The second-order valence-corrected chi connectivity index (χ2v) is 17.0. The topological polar surface area (TPSA) is 27.2 Å². The van der Waals surface area contributed by atoms with E-state index in [0.29, 0.717) is 0 Å². The third kappa shape index (κ3) is 5.35. The van der Waals surface area contributed by atoms with Gasteiger partial charge in [-0.2, -0.15) is 0 Å². The molecule has 0 aliphatic heterocycles. The molecule has 0 atom stereocenters. The first kappa shape index (κ1) is 34.8. The second-order valence-electron chi connectivity index (χ2n) is 16.0.